The summed E-state index contributed by atoms with van der Waals surface area (Å²) < 4.78 is 8.05. The lowest BCUT2D eigenvalue weighted by atomic mass is 10.1. The van der Waals surface area contributed by atoms with E-state index in [1.165, 1.54) is 5.69 Å². The molecule has 0 saturated carbocycles. The van der Waals surface area contributed by atoms with Crippen molar-refractivity contribution in [2.45, 2.75) is 39.3 Å². The summed E-state index contributed by atoms with van der Waals surface area (Å²) in [6.07, 6.45) is 2.55. The number of hydrogen-bond donors (Lipinski definition) is 0. The Hall–Kier alpha value is -2.11. The minimum Gasteiger partial charge on any atom is -0.376 e. The minimum absolute atomic E-state index is 0.236. The van der Waals surface area contributed by atoms with E-state index < -0.39 is 0 Å². The molecule has 0 unspecified atom stereocenters. The molecule has 150 valence electrons. The third-order valence-corrected chi connectivity index (χ3v) is 6.15. The van der Waals surface area contributed by atoms with Gasteiger partial charge < -0.3 is 14.2 Å². The molecule has 2 saturated heterocycles. The second-order valence-corrected chi connectivity index (χ2v) is 8.05. The quantitative estimate of drug-likeness (QED) is 0.720. The Balaban J connectivity index is 1.35. The van der Waals surface area contributed by atoms with Gasteiger partial charge in [0.2, 0.25) is 0 Å². The zero-order chi connectivity index (χ0) is 19.5. The van der Waals surface area contributed by atoms with Gasteiger partial charge in [0, 0.05) is 62.0 Å². The SMILES string of the molecule is Cc1cc(C(=O)CN2CCN(c3ccccc3)CC2)c(C)n1C[C@H]1CCCO1. The van der Waals surface area contributed by atoms with Gasteiger partial charge in [-0.3, -0.25) is 9.69 Å². The van der Waals surface area contributed by atoms with Crippen LogP contribution >= 0.6 is 0 Å². The van der Waals surface area contributed by atoms with Gasteiger partial charge in [-0.15, -0.1) is 0 Å². The maximum Gasteiger partial charge on any atom is 0.178 e. The first-order valence-corrected chi connectivity index (χ1v) is 10.5. The van der Waals surface area contributed by atoms with E-state index >= 15 is 0 Å². The number of ether oxygens (including phenoxy) is 1. The summed E-state index contributed by atoms with van der Waals surface area (Å²) in [5, 5.41) is 0. The molecule has 0 spiro atoms. The van der Waals surface area contributed by atoms with E-state index in [-0.39, 0.29) is 5.78 Å². The Morgan fingerprint density at radius 2 is 1.86 bits per heavy atom. The number of carbonyl (C=O) groups excluding carboxylic acids is 1. The van der Waals surface area contributed by atoms with E-state index in [4.69, 9.17) is 4.74 Å². The van der Waals surface area contributed by atoms with Crippen molar-refractivity contribution in [2.75, 3.05) is 44.2 Å². The summed E-state index contributed by atoms with van der Waals surface area (Å²) in [5.74, 6) is 0.236. The number of benzene rings is 1. The molecule has 0 radical (unpaired) electrons. The molecule has 0 aliphatic carbocycles. The normalized spacial score (nSPS) is 20.6. The van der Waals surface area contributed by atoms with Crippen molar-refractivity contribution in [3.8, 4) is 0 Å². The highest BCUT2D eigenvalue weighted by molar-refractivity contribution is 5.99. The van der Waals surface area contributed by atoms with Gasteiger partial charge in [0.1, 0.15) is 0 Å². The van der Waals surface area contributed by atoms with Crippen molar-refractivity contribution < 1.29 is 9.53 Å². The molecule has 0 amide bonds. The van der Waals surface area contributed by atoms with Gasteiger partial charge in [-0.1, -0.05) is 18.2 Å². The first kappa shape index (κ1) is 19.2. The molecule has 2 fully saturated rings. The molecule has 1 atom stereocenters. The fourth-order valence-electron chi connectivity index (χ4n) is 4.45. The van der Waals surface area contributed by atoms with Gasteiger partial charge in [0.15, 0.2) is 5.78 Å². The number of hydrogen-bond acceptors (Lipinski definition) is 4. The molecule has 3 heterocycles. The summed E-state index contributed by atoms with van der Waals surface area (Å²) in [6, 6.07) is 12.6. The van der Waals surface area contributed by atoms with Crippen molar-refractivity contribution in [3.05, 3.63) is 53.3 Å². The number of piperazine rings is 1. The predicted octanol–water partition coefficient (Wildman–Crippen LogP) is 3.29. The number of carbonyl (C=O) groups is 1. The molecule has 5 nitrogen and oxygen atoms in total. The monoisotopic (exact) mass is 381 g/mol. The molecule has 2 aliphatic heterocycles. The van der Waals surface area contributed by atoms with Gasteiger partial charge in [0.05, 0.1) is 12.6 Å². The van der Waals surface area contributed by atoms with E-state index in [2.05, 4.69) is 58.5 Å². The number of aromatic nitrogens is 1. The highest BCUT2D eigenvalue weighted by atomic mass is 16.5. The summed E-state index contributed by atoms with van der Waals surface area (Å²) in [4.78, 5) is 17.7. The molecule has 1 aromatic carbocycles. The van der Waals surface area contributed by atoms with Crippen LogP contribution in [-0.2, 0) is 11.3 Å². The molecule has 2 aromatic rings. The molecule has 28 heavy (non-hydrogen) atoms. The molecule has 0 N–H and O–H groups in total. The maximum atomic E-state index is 13.0. The highest BCUT2D eigenvalue weighted by Crippen LogP contribution is 2.21. The Labute approximate surface area is 167 Å². The third-order valence-electron chi connectivity index (χ3n) is 6.15. The molecule has 0 bridgehead atoms. The Bertz CT molecular complexity index is 801. The van der Waals surface area contributed by atoms with Crippen LogP contribution in [0, 0.1) is 13.8 Å². The molecular formula is C23H31N3O2. The maximum absolute atomic E-state index is 13.0. The summed E-state index contributed by atoms with van der Waals surface area (Å²) in [7, 11) is 0. The first-order valence-electron chi connectivity index (χ1n) is 10.5. The van der Waals surface area contributed by atoms with Gasteiger partial charge in [-0.05, 0) is 44.9 Å². The zero-order valence-corrected chi connectivity index (χ0v) is 17.1. The molecule has 2 aliphatic rings. The van der Waals surface area contributed by atoms with Crippen LogP contribution in [0.3, 0.4) is 0 Å². The molecular weight excluding hydrogens is 350 g/mol. The average Bonchev–Trinajstić information content (AvgIpc) is 3.33. The number of Topliss-reactive ketones (excluding diaryl/α,β-unsaturated/α-hetero) is 1. The lowest BCUT2D eigenvalue weighted by molar-refractivity contribution is 0.0918. The summed E-state index contributed by atoms with van der Waals surface area (Å²) in [5.41, 5.74) is 4.39. The number of aryl methyl sites for hydroxylation is 1. The van der Waals surface area contributed by atoms with Gasteiger partial charge in [-0.25, -0.2) is 0 Å². The Kier molecular flexibility index (Phi) is 5.83. The summed E-state index contributed by atoms with van der Waals surface area (Å²) in [6.45, 7) is 10.2. The number of nitrogens with zero attached hydrogens (tertiary/aromatic N) is 3. The van der Waals surface area contributed by atoms with Crippen LogP contribution in [-0.4, -0.2) is 60.7 Å². The number of ketones is 1. The van der Waals surface area contributed by atoms with Crippen LogP contribution in [0.5, 0.6) is 0 Å². The Morgan fingerprint density at radius 3 is 2.54 bits per heavy atom. The van der Waals surface area contributed by atoms with Crippen molar-refractivity contribution in [1.82, 2.24) is 9.47 Å². The van der Waals surface area contributed by atoms with Crippen LogP contribution in [0.15, 0.2) is 36.4 Å². The Morgan fingerprint density at radius 1 is 1.11 bits per heavy atom. The smallest absolute Gasteiger partial charge is 0.178 e. The first-order chi connectivity index (χ1) is 13.6. The molecule has 1 aromatic heterocycles. The van der Waals surface area contributed by atoms with Crippen LogP contribution in [0.1, 0.15) is 34.6 Å². The van der Waals surface area contributed by atoms with Crippen molar-refractivity contribution in [2.24, 2.45) is 0 Å². The number of anilines is 1. The van der Waals surface area contributed by atoms with Gasteiger partial charge >= 0.3 is 0 Å². The van der Waals surface area contributed by atoms with E-state index in [0.29, 0.717) is 12.6 Å². The second-order valence-electron chi connectivity index (χ2n) is 8.05. The molecule has 4 rings (SSSR count). The van der Waals surface area contributed by atoms with Crippen molar-refractivity contribution in [1.29, 1.82) is 0 Å². The van der Waals surface area contributed by atoms with Crippen molar-refractivity contribution in [3.63, 3.8) is 0 Å². The minimum atomic E-state index is 0.236. The van der Waals surface area contributed by atoms with Crippen LogP contribution in [0.2, 0.25) is 0 Å². The fourth-order valence-corrected chi connectivity index (χ4v) is 4.45. The third kappa shape index (κ3) is 4.15. The predicted molar refractivity (Wildman–Crippen MR) is 112 cm³/mol. The average molecular weight is 382 g/mol. The van der Waals surface area contributed by atoms with Crippen LogP contribution in [0.25, 0.3) is 0 Å². The fraction of sp³-hybridized carbons (Fsp3) is 0.522. The number of para-hydroxylation sites is 1. The van der Waals surface area contributed by atoms with E-state index in [0.717, 1.165) is 69.1 Å². The number of rotatable bonds is 6. The van der Waals surface area contributed by atoms with E-state index in [9.17, 15) is 4.79 Å². The zero-order valence-electron chi connectivity index (χ0n) is 17.1. The van der Waals surface area contributed by atoms with Crippen LogP contribution in [0.4, 0.5) is 5.69 Å². The van der Waals surface area contributed by atoms with Gasteiger partial charge in [0.25, 0.3) is 0 Å². The van der Waals surface area contributed by atoms with Crippen LogP contribution < -0.4 is 4.90 Å². The van der Waals surface area contributed by atoms with E-state index in [1.54, 1.807) is 0 Å². The lowest BCUT2D eigenvalue weighted by Gasteiger charge is -2.35. The standard InChI is InChI=1S/C23H31N3O2/c1-18-15-22(19(2)26(18)16-21-9-6-14-28-21)23(27)17-24-10-12-25(13-11-24)20-7-4-3-5-8-20/h3-5,7-8,15,21H,6,9-14,16-17H2,1-2H3/t21-/m1/s1. The lowest BCUT2D eigenvalue weighted by Crippen LogP contribution is -2.48. The molecule has 5 heteroatoms. The largest absolute Gasteiger partial charge is 0.376 e. The topological polar surface area (TPSA) is 37.7 Å². The highest BCUT2D eigenvalue weighted by Gasteiger charge is 2.24. The summed E-state index contributed by atoms with van der Waals surface area (Å²) >= 11 is 0. The van der Waals surface area contributed by atoms with Gasteiger partial charge in [-0.2, -0.15) is 0 Å². The van der Waals surface area contributed by atoms with Crippen molar-refractivity contribution >= 4 is 11.5 Å². The second kappa shape index (κ2) is 8.50. The van der Waals surface area contributed by atoms with E-state index in [1.807, 2.05) is 6.07 Å².